The van der Waals surface area contributed by atoms with Gasteiger partial charge in [-0.15, -0.1) is 0 Å². The fraction of sp³-hybridized carbons (Fsp3) is 0.944. The van der Waals surface area contributed by atoms with Gasteiger partial charge in [0.2, 0.25) is 0 Å². The second-order valence-electron chi connectivity index (χ2n) is 8.15. The topological polar surface area (TPSA) is 62.4 Å². The molecule has 2 aliphatic rings. The molecular weight excluding hydrogens is 290 g/mol. The standard InChI is InChI=1S/C18H35N3O2/c1-18(2,3)23-17(22)21-13-16(15-8-4-5-9-15)20-12-14-7-6-10-19-11-14/h14-16,19-20H,4-13H2,1-3H3,(H,21,22). The number of rotatable bonds is 6. The van der Waals surface area contributed by atoms with Crippen LogP contribution in [0, 0.1) is 11.8 Å². The Balaban J connectivity index is 1.78. The number of alkyl carbamates (subject to hydrolysis) is 1. The van der Waals surface area contributed by atoms with E-state index in [9.17, 15) is 4.79 Å². The van der Waals surface area contributed by atoms with Gasteiger partial charge in [0.25, 0.3) is 0 Å². The molecule has 5 heteroatoms. The summed E-state index contributed by atoms with van der Waals surface area (Å²) >= 11 is 0. The zero-order valence-corrected chi connectivity index (χ0v) is 15.1. The van der Waals surface area contributed by atoms with Gasteiger partial charge in [0, 0.05) is 12.6 Å². The number of hydrogen-bond donors (Lipinski definition) is 3. The SMILES string of the molecule is CC(C)(C)OC(=O)NCC(NCC1CCCNC1)C1CCCC1. The van der Waals surface area contributed by atoms with Crippen LogP contribution in [-0.4, -0.2) is 43.9 Å². The molecule has 1 aliphatic heterocycles. The summed E-state index contributed by atoms with van der Waals surface area (Å²) in [5, 5.41) is 10.2. The van der Waals surface area contributed by atoms with Gasteiger partial charge in [-0.25, -0.2) is 4.79 Å². The average Bonchev–Trinajstić information content (AvgIpc) is 3.00. The number of piperidine rings is 1. The Morgan fingerprint density at radius 3 is 2.57 bits per heavy atom. The fourth-order valence-electron chi connectivity index (χ4n) is 3.69. The summed E-state index contributed by atoms with van der Waals surface area (Å²) in [6.07, 6.45) is 7.46. The predicted molar refractivity (Wildman–Crippen MR) is 93.6 cm³/mol. The Morgan fingerprint density at radius 1 is 1.22 bits per heavy atom. The lowest BCUT2D eigenvalue weighted by molar-refractivity contribution is 0.0517. The molecule has 0 bridgehead atoms. The van der Waals surface area contributed by atoms with E-state index in [-0.39, 0.29) is 6.09 Å². The maximum atomic E-state index is 11.9. The highest BCUT2D eigenvalue weighted by Gasteiger charge is 2.27. The number of hydrogen-bond acceptors (Lipinski definition) is 4. The number of carbonyl (C=O) groups is 1. The average molecular weight is 325 g/mol. The summed E-state index contributed by atoms with van der Waals surface area (Å²) in [6.45, 7) is 9.68. The minimum Gasteiger partial charge on any atom is -0.444 e. The van der Waals surface area contributed by atoms with Crippen LogP contribution in [0.2, 0.25) is 0 Å². The molecule has 134 valence electrons. The molecule has 0 aromatic heterocycles. The first kappa shape index (κ1) is 18.5. The first-order chi connectivity index (χ1) is 10.9. The second-order valence-corrected chi connectivity index (χ2v) is 8.15. The molecule has 2 unspecified atom stereocenters. The Bertz CT molecular complexity index is 356. The Labute approximate surface area is 141 Å². The van der Waals surface area contributed by atoms with Crippen LogP contribution in [0.4, 0.5) is 4.79 Å². The van der Waals surface area contributed by atoms with Gasteiger partial charge in [-0.3, -0.25) is 0 Å². The molecule has 0 radical (unpaired) electrons. The molecule has 3 N–H and O–H groups in total. The summed E-state index contributed by atoms with van der Waals surface area (Å²) in [6, 6.07) is 0.368. The van der Waals surface area contributed by atoms with E-state index >= 15 is 0 Å². The number of nitrogens with one attached hydrogen (secondary N) is 3. The van der Waals surface area contributed by atoms with Crippen molar-refractivity contribution in [2.45, 2.75) is 70.9 Å². The van der Waals surface area contributed by atoms with Crippen molar-refractivity contribution < 1.29 is 9.53 Å². The zero-order valence-electron chi connectivity index (χ0n) is 15.1. The Kier molecular flexibility index (Phi) is 7.15. The highest BCUT2D eigenvalue weighted by molar-refractivity contribution is 5.67. The van der Waals surface area contributed by atoms with Crippen LogP contribution in [-0.2, 0) is 4.74 Å². The van der Waals surface area contributed by atoms with E-state index in [1.54, 1.807) is 0 Å². The summed E-state index contributed by atoms with van der Waals surface area (Å²) in [5.74, 6) is 1.40. The van der Waals surface area contributed by atoms with E-state index in [1.165, 1.54) is 38.5 Å². The van der Waals surface area contributed by atoms with Crippen molar-refractivity contribution >= 4 is 6.09 Å². The minimum absolute atomic E-state index is 0.304. The molecule has 1 aliphatic carbocycles. The third-order valence-electron chi connectivity index (χ3n) is 4.90. The van der Waals surface area contributed by atoms with Gasteiger partial charge >= 0.3 is 6.09 Å². The van der Waals surface area contributed by atoms with Gasteiger partial charge in [0.15, 0.2) is 0 Å². The normalized spacial score (nSPS) is 24.4. The molecule has 1 saturated heterocycles. The Hall–Kier alpha value is -0.810. The molecule has 0 aromatic rings. The monoisotopic (exact) mass is 325 g/mol. The van der Waals surface area contributed by atoms with E-state index in [0.717, 1.165) is 19.6 Å². The van der Waals surface area contributed by atoms with Gasteiger partial charge in [0.05, 0.1) is 0 Å². The van der Waals surface area contributed by atoms with Gasteiger partial charge in [-0.2, -0.15) is 0 Å². The largest absolute Gasteiger partial charge is 0.444 e. The summed E-state index contributed by atoms with van der Waals surface area (Å²) in [4.78, 5) is 11.9. The third-order valence-corrected chi connectivity index (χ3v) is 4.90. The van der Waals surface area contributed by atoms with E-state index in [4.69, 9.17) is 4.74 Å². The highest BCUT2D eigenvalue weighted by atomic mass is 16.6. The van der Waals surface area contributed by atoms with Crippen LogP contribution in [0.15, 0.2) is 0 Å². The summed E-state index contributed by atoms with van der Waals surface area (Å²) in [7, 11) is 0. The summed E-state index contributed by atoms with van der Waals surface area (Å²) in [5.41, 5.74) is -0.436. The van der Waals surface area contributed by atoms with E-state index in [1.807, 2.05) is 20.8 Å². The van der Waals surface area contributed by atoms with Crippen molar-refractivity contribution in [2.24, 2.45) is 11.8 Å². The lowest BCUT2D eigenvalue weighted by Gasteiger charge is -2.30. The number of amides is 1. The fourth-order valence-corrected chi connectivity index (χ4v) is 3.69. The van der Waals surface area contributed by atoms with Gasteiger partial charge in [-0.05, 0) is 77.9 Å². The molecule has 2 fully saturated rings. The molecule has 1 amide bonds. The summed E-state index contributed by atoms with van der Waals surface area (Å²) < 4.78 is 5.36. The van der Waals surface area contributed by atoms with Crippen molar-refractivity contribution in [3.8, 4) is 0 Å². The predicted octanol–water partition coefficient (Wildman–Crippen LogP) is 2.66. The minimum atomic E-state index is -0.436. The van der Waals surface area contributed by atoms with Gasteiger partial charge in [-0.1, -0.05) is 12.8 Å². The van der Waals surface area contributed by atoms with Crippen molar-refractivity contribution in [1.82, 2.24) is 16.0 Å². The third kappa shape index (κ3) is 7.08. The molecule has 5 nitrogen and oxygen atoms in total. The molecule has 23 heavy (non-hydrogen) atoms. The number of carbonyl (C=O) groups excluding carboxylic acids is 1. The first-order valence-electron chi connectivity index (χ1n) is 9.35. The van der Waals surface area contributed by atoms with Crippen molar-refractivity contribution in [3.63, 3.8) is 0 Å². The smallest absolute Gasteiger partial charge is 0.407 e. The molecule has 2 atom stereocenters. The molecule has 1 heterocycles. The molecular formula is C18H35N3O2. The molecule has 0 aromatic carbocycles. The van der Waals surface area contributed by atoms with E-state index < -0.39 is 5.60 Å². The lowest BCUT2D eigenvalue weighted by Crippen LogP contribution is -2.48. The lowest BCUT2D eigenvalue weighted by atomic mass is 9.95. The molecule has 0 spiro atoms. The van der Waals surface area contributed by atoms with Crippen molar-refractivity contribution in [2.75, 3.05) is 26.2 Å². The van der Waals surface area contributed by atoms with Crippen LogP contribution < -0.4 is 16.0 Å². The van der Waals surface area contributed by atoms with Gasteiger partial charge in [0.1, 0.15) is 5.60 Å². The van der Waals surface area contributed by atoms with Crippen LogP contribution in [0.3, 0.4) is 0 Å². The van der Waals surface area contributed by atoms with Gasteiger partial charge < -0.3 is 20.7 Å². The Morgan fingerprint density at radius 2 is 1.96 bits per heavy atom. The zero-order chi connectivity index (χ0) is 16.7. The first-order valence-corrected chi connectivity index (χ1v) is 9.35. The molecule has 1 saturated carbocycles. The van der Waals surface area contributed by atoms with E-state index in [0.29, 0.717) is 24.4 Å². The highest BCUT2D eigenvalue weighted by Crippen LogP contribution is 2.27. The van der Waals surface area contributed by atoms with E-state index in [2.05, 4.69) is 16.0 Å². The van der Waals surface area contributed by atoms with Crippen LogP contribution >= 0.6 is 0 Å². The quantitative estimate of drug-likeness (QED) is 0.702. The van der Waals surface area contributed by atoms with Crippen LogP contribution in [0.1, 0.15) is 59.3 Å². The van der Waals surface area contributed by atoms with Crippen LogP contribution in [0.5, 0.6) is 0 Å². The molecule has 2 rings (SSSR count). The maximum absolute atomic E-state index is 11.9. The second kappa shape index (κ2) is 8.88. The van der Waals surface area contributed by atoms with Crippen molar-refractivity contribution in [1.29, 1.82) is 0 Å². The van der Waals surface area contributed by atoms with Crippen LogP contribution in [0.25, 0.3) is 0 Å². The maximum Gasteiger partial charge on any atom is 0.407 e. The van der Waals surface area contributed by atoms with Crippen molar-refractivity contribution in [3.05, 3.63) is 0 Å². The number of ether oxygens (including phenoxy) is 1.